The summed E-state index contributed by atoms with van der Waals surface area (Å²) in [7, 11) is 0. The van der Waals surface area contributed by atoms with Gasteiger partial charge in [0.15, 0.2) is 0 Å². The van der Waals surface area contributed by atoms with Crippen LogP contribution in [-0.4, -0.2) is 4.92 Å². The SMILES string of the molecule is CCCCC1(CCCC)c2ccccc2-c2ccc([N+](=O)[O-])cc21. The minimum absolute atomic E-state index is 0.0655. The molecule has 0 bridgehead atoms. The number of nitrogens with zero attached hydrogens (tertiary/aromatic N) is 1. The monoisotopic (exact) mass is 323 g/mol. The smallest absolute Gasteiger partial charge is 0.258 e. The first-order valence-electron chi connectivity index (χ1n) is 9.03. The summed E-state index contributed by atoms with van der Waals surface area (Å²) in [5, 5.41) is 11.3. The first kappa shape index (κ1) is 16.7. The summed E-state index contributed by atoms with van der Waals surface area (Å²) in [5.41, 5.74) is 5.11. The summed E-state index contributed by atoms with van der Waals surface area (Å²) in [6.45, 7) is 4.42. The number of non-ortho nitro benzene ring substituents is 1. The number of unbranched alkanes of at least 4 members (excludes halogenated alkanes) is 2. The van der Waals surface area contributed by atoms with Crippen molar-refractivity contribution in [2.45, 2.75) is 57.8 Å². The van der Waals surface area contributed by atoms with Crippen LogP contribution in [0.2, 0.25) is 0 Å². The maximum Gasteiger partial charge on any atom is 0.269 e. The van der Waals surface area contributed by atoms with Crippen molar-refractivity contribution in [3.63, 3.8) is 0 Å². The van der Waals surface area contributed by atoms with Crippen LogP contribution in [0.25, 0.3) is 11.1 Å². The Kier molecular flexibility index (Phi) is 4.70. The van der Waals surface area contributed by atoms with Crippen LogP contribution in [0.15, 0.2) is 42.5 Å². The molecule has 0 fully saturated rings. The molecule has 3 nitrogen and oxygen atoms in total. The maximum absolute atomic E-state index is 11.3. The fourth-order valence-electron chi connectivity index (χ4n) is 4.18. The molecule has 2 aromatic rings. The zero-order chi connectivity index (χ0) is 17.2. The summed E-state index contributed by atoms with van der Waals surface area (Å²) in [6.07, 6.45) is 6.68. The Morgan fingerprint density at radius 3 is 2.17 bits per heavy atom. The fourth-order valence-corrected chi connectivity index (χ4v) is 4.18. The molecule has 0 atom stereocenters. The Morgan fingerprint density at radius 1 is 0.917 bits per heavy atom. The van der Waals surface area contributed by atoms with Gasteiger partial charge in [-0.15, -0.1) is 0 Å². The van der Waals surface area contributed by atoms with Crippen molar-refractivity contribution in [3.05, 3.63) is 63.7 Å². The quantitative estimate of drug-likeness (QED) is 0.447. The van der Waals surface area contributed by atoms with Gasteiger partial charge in [-0.05, 0) is 41.2 Å². The zero-order valence-corrected chi connectivity index (χ0v) is 14.5. The molecule has 0 unspecified atom stereocenters. The summed E-state index contributed by atoms with van der Waals surface area (Å²) in [4.78, 5) is 11.0. The molecule has 0 spiro atoms. The standard InChI is InChI=1S/C21H25NO2/c1-3-5-13-21(14-6-4-2)19-10-8-7-9-17(19)18-12-11-16(22(23)24)15-20(18)21/h7-12,15H,3-6,13-14H2,1-2H3. The van der Waals surface area contributed by atoms with Crippen LogP contribution in [0.1, 0.15) is 63.5 Å². The highest BCUT2D eigenvalue weighted by molar-refractivity contribution is 5.82. The number of nitro groups is 1. The van der Waals surface area contributed by atoms with E-state index in [0.29, 0.717) is 0 Å². The second-order valence-electron chi connectivity index (χ2n) is 6.82. The molecule has 3 heteroatoms. The second-order valence-corrected chi connectivity index (χ2v) is 6.82. The van der Waals surface area contributed by atoms with Gasteiger partial charge >= 0.3 is 0 Å². The summed E-state index contributed by atoms with van der Waals surface area (Å²) < 4.78 is 0. The third-order valence-electron chi connectivity index (χ3n) is 5.38. The number of benzene rings is 2. The molecular weight excluding hydrogens is 298 g/mol. The molecule has 0 amide bonds. The van der Waals surface area contributed by atoms with Gasteiger partial charge in [0.1, 0.15) is 0 Å². The van der Waals surface area contributed by atoms with Crippen molar-refractivity contribution in [3.8, 4) is 11.1 Å². The summed E-state index contributed by atoms with van der Waals surface area (Å²) >= 11 is 0. The van der Waals surface area contributed by atoms with Crippen LogP contribution in [0, 0.1) is 10.1 Å². The van der Waals surface area contributed by atoms with Crippen LogP contribution < -0.4 is 0 Å². The Balaban J connectivity index is 2.22. The molecule has 2 aromatic carbocycles. The zero-order valence-electron chi connectivity index (χ0n) is 14.5. The molecule has 0 saturated heterocycles. The van der Waals surface area contributed by atoms with Gasteiger partial charge in [0.25, 0.3) is 5.69 Å². The topological polar surface area (TPSA) is 43.1 Å². The van der Waals surface area contributed by atoms with Crippen LogP contribution in [0.3, 0.4) is 0 Å². The second kappa shape index (κ2) is 6.76. The van der Waals surface area contributed by atoms with Gasteiger partial charge in [0.2, 0.25) is 0 Å². The van der Waals surface area contributed by atoms with E-state index in [1.807, 2.05) is 12.1 Å². The molecule has 0 aliphatic heterocycles. The number of nitro benzene ring substituents is 1. The average molecular weight is 323 g/mol. The van der Waals surface area contributed by atoms with Gasteiger partial charge in [-0.1, -0.05) is 63.8 Å². The third-order valence-corrected chi connectivity index (χ3v) is 5.38. The highest BCUT2D eigenvalue weighted by Gasteiger charge is 2.42. The first-order chi connectivity index (χ1) is 11.6. The lowest BCUT2D eigenvalue weighted by Gasteiger charge is -2.32. The molecule has 126 valence electrons. The van der Waals surface area contributed by atoms with Crippen molar-refractivity contribution < 1.29 is 4.92 Å². The van der Waals surface area contributed by atoms with E-state index in [-0.39, 0.29) is 16.0 Å². The van der Waals surface area contributed by atoms with Crippen molar-refractivity contribution in [2.24, 2.45) is 0 Å². The summed E-state index contributed by atoms with van der Waals surface area (Å²) in [5.74, 6) is 0. The lowest BCUT2D eigenvalue weighted by atomic mass is 9.71. The number of fused-ring (bicyclic) bond motifs is 3. The molecule has 0 aromatic heterocycles. The molecule has 0 heterocycles. The van der Waals surface area contributed by atoms with E-state index in [4.69, 9.17) is 0 Å². The normalized spacial score (nSPS) is 14.2. The Hall–Kier alpha value is -2.16. The Labute approximate surface area is 143 Å². The molecule has 3 rings (SSSR count). The van der Waals surface area contributed by atoms with Crippen molar-refractivity contribution in [1.29, 1.82) is 0 Å². The van der Waals surface area contributed by atoms with E-state index in [1.165, 1.54) is 22.3 Å². The Morgan fingerprint density at radius 2 is 1.54 bits per heavy atom. The minimum Gasteiger partial charge on any atom is -0.258 e. The van der Waals surface area contributed by atoms with E-state index in [2.05, 4.69) is 38.1 Å². The lowest BCUT2D eigenvalue weighted by Crippen LogP contribution is -2.25. The van der Waals surface area contributed by atoms with Gasteiger partial charge in [0, 0.05) is 17.5 Å². The first-order valence-corrected chi connectivity index (χ1v) is 9.03. The van der Waals surface area contributed by atoms with E-state index in [1.54, 1.807) is 6.07 Å². The van der Waals surface area contributed by atoms with Gasteiger partial charge in [-0.25, -0.2) is 0 Å². The van der Waals surface area contributed by atoms with Crippen LogP contribution in [0.4, 0.5) is 5.69 Å². The van der Waals surface area contributed by atoms with Gasteiger partial charge in [0.05, 0.1) is 4.92 Å². The third kappa shape index (κ3) is 2.62. The fraction of sp³-hybridized carbons (Fsp3) is 0.429. The van der Waals surface area contributed by atoms with Gasteiger partial charge < -0.3 is 0 Å². The van der Waals surface area contributed by atoms with Crippen LogP contribution >= 0.6 is 0 Å². The molecule has 1 aliphatic carbocycles. The largest absolute Gasteiger partial charge is 0.269 e. The highest BCUT2D eigenvalue weighted by atomic mass is 16.6. The lowest BCUT2D eigenvalue weighted by molar-refractivity contribution is -0.384. The predicted molar refractivity (Wildman–Crippen MR) is 98.4 cm³/mol. The van der Waals surface area contributed by atoms with E-state index in [0.717, 1.165) is 38.5 Å². The minimum atomic E-state index is -0.270. The summed E-state index contributed by atoms with van der Waals surface area (Å²) in [6, 6.07) is 14.0. The maximum atomic E-state index is 11.3. The number of rotatable bonds is 7. The molecule has 0 N–H and O–H groups in total. The van der Waals surface area contributed by atoms with Crippen LogP contribution in [0.5, 0.6) is 0 Å². The molecule has 0 radical (unpaired) electrons. The molecular formula is C21H25NO2. The predicted octanol–water partition coefficient (Wildman–Crippen LogP) is 6.24. The van der Waals surface area contributed by atoms with E-state index >= 15 is 0 Å². The average Bonchev–Trinajstić information content (AvgIpc) is 2.88. The number of hydrogen-bond acceptors (Lipinski definition) is 2. The molecule has 1 aliphatic rings. The number of hydrogen-bond donors (Lipinski definition) is 0. The van der Waals surface area contributed by atoms with Gasteiger partial charge in [-0.3, -0.25) is 10.1 Å². The van der Waals surface area contributed by atoms with Crippen molar-refractivity contribution in [1.82, 2.24) is 0 Å². The van der Waals surface area contributed by atoms with Crippen LogP contribution in [-0.2, 0) is 5.41 Å². The Bertz CT molecular complexity index is 743. The highest BCUT2D eigenvalue weighted by Crippen LogP contribution is 2.54. The van der Waals surface area contributed by atoms with Crippen molar-refractivity contribution >= 4 is 5.69 Å². The molecule has 0 saturated carbocycles. The molecule has 24 heavy (non-hydrogen) atoms. The van der Waals surface area contributed by atoms with Gasteiger partial charge in [-0.2, -0.15) is 0 Å². The van der Waals surface area contributed by atoms with E-state index in [9.17, 15) is 10.1 Å². The van der Waals surface area contributed by atoms with E-state index < -0.39 is 0 Å². The van der Waals surface area contributed by atoms with Crippen molar-refractivity contribution in [2.75, 3.05) is 0 Å².